The minimum Gasteiger partial charge on any atom is -0.366 e. The van der Waals surface area contributed by atoms with Crippen molar-refractivity contribution >= 4 is 11.8 Å². The van der Waals surface area contributed by atoms with Gasteiger partial charge >= 0.3 is 0 Å². The van der Waals surface area contributed by atoms with Crippen LogP contribution >= 0.6 is 0 Å². The molecule has 2 fully saturated rings. The van der Waals surface area contributed by atoms with Crippen LogP contribution in [0, 0.1) is 0 Å². The number of hydrogen-bond donors (Lipinski definition) is 2. The van der Waals surface area contributed by atoms with Gasteiger partial charge in [-0.2, -0.15) is 0 Å². The minimum atomic E-state index is -0.420. The fraction of sp³-hybridized carbons (Fsp3) is 0.529. The van der Waals surface area contributed by atoms with Crippen molar-refractivity contribution in [3.63, 3.8) is 0 Å². The smallest absolute Gasteiger partial charge is 0.250 e. The molecule has 3 rings (SSSR count). The van der Waals surface area contributed by atoms with Gasteiger partial charge in [-0.15, -0.1) is 0 Å². The van der Waals surface area contributed by atoms with Gasteiger partial charge in [-0.05, 0) is 17.5 Å². The lowest BCUT2D eigenvalue weighted by Gasteiger charge is -2.23. The molecule has 0 bridgehead atoms. The van der Waals surface area contributed by atoms with Gasteiger partial charge in [0.1, 0.15) is 6.10 Å². The van der Waals surface area contributed by atoms with E-state index in [1.54, 1.807) is 0 Å². The van der Waals surface area contributed by atoms with Gasteiger partial charge in [0.25, 0.3) is 5.91 Å². The molecule has 23 heavy (non-hydrogen) atoms. The minimum absolute atomic E-state index is 0.0933. The molecule has 0 radical (unpaired) electrons. The SMILES string of the molecule is O=C(NCc1ccccc1CN1CCCC1=O)[C@H]1CNCCO1. The van der Waals surface area contributed by atoms with Crippen molar-refractivity contribution in [2.75, 3.05) is 26.2 Å². The van der Waals surface area contributed by atoms with Gasteiger partial charge in [-0.1, -0.05) is 24.3 Å². The largest absolute Gasteiger partial charge is 0.366 e. The third-order valence-electron chi connectivity index (χ3n) is 4.32. The van der Waals surface area contributed by atoms with Crippen LogP contribution in [0.25, 0.3) is 0 Å². The zero-order valence-electron chi connectivity index (χ0n) is 13.2. The van der Waals surface area contributed by atoms with Gasteiger partial charge in [-0.3, -0.25) is 9.59 Å². The lowest BCUT2D eigenvalue weighted by atomic mass is 10.1. The average molecular weight is 317 g/mol. The Labute approximate surface area is 136 Å². The Morgan fingerprint density at radius 3 is 2.87 bits per heavy atom. The molecule has 2 aliphatic rings. The summed E-state index contributed by atoms with van der Waals surface area (Å²) >= 11 is 0. The first kappa shape index (κ1) is 16.0. The van der Waals surface area contributed by atoms with Gasteiger partial charge in [0.2, 0.25) is 5.91 Å². The standard InChI is InChI=1S/C17H23N3O3/c21-16-6-3-8-20(16)12-14-5-2-1-4-13(14)10-19-17(22)15-11-18-7-9-23-15/h1-2,4-5,15,18H,3,6-12H2,(H,19,22)/t15-/m1/s1. The molecule has 1 aromatic carbocycles. The van der Waals surface area contributed by atoms with Crippen molar-refractivity contribution < 1.29 is 14.3 Å². The highest BCUT2D eigenvalue weighted by Crippen LogP contribution is 2.17. The monoisotopic (exact) mass is 317 g/mol. The zero-order chi connectivity index (χ0) is 16.1. The van der Waals surface area contributed by atoms with E-state index in [1.807, 2.05) is 29.2 Å². The second-order valence-electron chi connectivity index (χ2n) is 5.97. The van der Waals surface area contributed by atoms with Crippen LogP contribution in [-0.2, 0) is 27.4 Å². The van der Waals surface area contributed by atoms with E-state index in [0.717, 1.165) is 30.6 Å². The molecule has 2 amide bonds. The fourth-order valence-corrected chi connectivity index (χ4v) is 2.99. The molecule has 1 aromatic rings. The molecule has 1 atom stereocenters. The predicted octanol–water partition coefficient (Wildman–Crippen LogP) is 0.414. The third kappa shape index (κ3) is 4.09. The summed E-state index contributed by atoms with van der Waals surface area (Å²) in [7, 11) is 0. The molecular formula is C17H23N3O3. The van der Waals surface area contributed by atoms with E-state index in [2.05, 4.69) is 10.6 Å². The number of likely N-dealkylation sites (tertiary alicyclic amines) is 1. The second kappa shape index (κ2) is 7.57. The number of benzene rings is 1. The van der Waals surface area contributed by atoms with E-state index in [-0.39, 0.29) is 11.8 Å². The molecule has 0 unspecified atom stereocenters. The summed E-state index contributed by atoms with van der Waals surface area (Å²) in [6, 6.07) is 7.94. The van der Waals surface area contributed by atoms with E-state index in [1.165, 1.54) is 0 Å². The van der Waals surface area contributed by atoms with Gasteiger partial charge in [0.15, 0.2) is 0 Å². The van der Waals surface area contributed by atoms with Crippen LogP contribution in [0.3, 0.4) is 0 Å². The predicted molar refractivity (Wildman–Crippen MR) is 85.5 cm³/mol. The van der Waals surface area contributed by atoms with Crippen LogP contribution < -0.4 is 10.6 Å². The van der Waals surface area contributed by atoms with Crippen molar-refractivity contribution in [3.05, 3.63) is 35.4 Å². The van der Waals surface area contributed by atoms with Crippen LogP contribution in [0.1, 0.15) is 24.0 Å². The van der Waals surface area contributed by atoms with Gasteiger partial charge in [-0.25, -0.2) is 0 Å². The number of ether oxygens (including phenoxy) is 1. The molecule has 0 spiro atoms. The first-order chi connectivity index (χ1) is 11.2. The van der Waals surface area contributed by atoms with E-state index in [9.17, 15) is 9.59 Å². The summed E-state index contributed by atoms with van der Waals surface area (Å²) in [5.74, 6) is 0.120. The molecule has 6 heteroatoms. The van der Waals surface area contributed by atoms with E-state index in [4.69, 9.17) is 4.74 Å². The van der Waals surface area contributed by atoms with Crippen molar-refractivity contribution in [1.82, 2.24) is 15.5 Å². The maximum absolute atomic E-state index is 12.1. The molecule has 2 saturated heterocycles. The molecular weight excluding hydrogens is 294 g/mol. The van der Waals surface area contributed by atoms with Crippen LogP contribution in [0.2, 0.25) is 0 Å². The molecule has 0 aliphatic carbocycles. The van der Waals surface area contributed by atoms with Gasteiger partial charge in [0.05, 0.1) is 6.61 Å². The van der Waals surface area contributed by atoms with Crippen molar-refractivity contribution in [2.24, 2.45) is 0 Å². The van der Waals surface area contributed by atoms with Crippen molar-refractivity contribution in [1.29, 1.82) is 0 Å². The van der Waals surface area contributed by atoms with Crippen molar-refractivity contribution in [3.8, 4) is 0 Å². The number of hydrogen-bond acceptors (Lipinski definition) is 4. The Kier molecular flexibility index (Phi) is 5.25. The summed E-state index contributed by atoms with van der Waals surface area (Å²) in [5.41, 5.74) is 2.13. The molecule has 0 saturated carbocycles. The Hall–Kier alpha value is -1.92. The van der Waals surface area contributed by atoms with Crippen LogP contribution in [0.5, 0.6) is 0 Å². The average Bonchev–Trinajstić information content (AvgIpc) is 2.99. The molecule has 6 nitrogen and oxygen atoms in total. The number of morpholine rings is 1. The molecule has 2 N–H and O–H groups in total. The van der Waals surface area contributed by atoms with E-state index < -0.39 is 6.10 Å². The number of carbonyl (C=O) groups is 2. The highest BCUT2D eigenvalue weighted by Gasteiger charge is 2.23. The molecule has 2 aliphatic heterocycles. The third-order valence-corrected chi connectivity index (χ3v) is 4.32. The Morgan fingerprint density at radius 2 is 2.17 bits per heavy atom. The summed E-state index contributed by atoms with van der Waals surface area (Å²) in [6.07, 6.45) is 1.16. The second-order valence-corrected chi connectivity index (χ2v) is 5.97. The normalized spacial score (nSPS) is 21.5. The Morgan fingerprint density at radius 1 is 1.35 bits per heavy atom. The molecule has 0 aromatic heterocycles. The Bertz CT molecular complexity index is 570. The first-order valence-corrected chi connectivity index (χ1v) is 8.18. The maximum Gasteiger partial charge on any atom is 0.250 e. The lowest BCUT2D eigenvalue weighted by Crippen LogP contribution is -2.47. The summed E-state index contributed by atoms with van der Waals surface area (Å²) < 4.78 is 5.45. The number of carbonyl (C=O) groups excluding carboxylic acids is 2. The van der Waals surface area contributed by atoms with Gasteiger partial charge in [0, 0.05) is 39.1 Å². The van der Waals surface area contributed by atoms with E-state index in [0.29, 0.717) is 32.7 Å². The summed E-state index contributed by atoms with van der Waals surface area (Å²) in [6.45, 7) is 3.79. The molecule has 2 heterocycles. The van der Waals surface area contributed by atoms with Crippen LogP contribution in [-0.4, -0.2) is 49.1 Å². The Balaban J connectivity index is 1.59. The fourth-order valence-electron chi connectivity index (χ4n) is 2.99. The number of rotatable bonds is 5. The van der Waals surface area contributed by atoms with Gasteiger partial charge < -0.3 is 20.3 Å². The molecule has 124 valence electrons. The lowest BCUT2D eigenvalue weighted by molar-refractivity contribution is -0.134. The van der Waals surface area contributed by atoms with Crippen LogP contribution in [0.4, 0.5) is 0 Å². The highest BCUT2D eigenvalue weighted by molar-refractivity contribution is 5.81. The number of nitrogens with zero attached hydrogens (tertiary/aromatic N) is 1. The number of nitrogens with one attached hydrogen (secondary N) is 2. The topological polar surface area (TPSA) is 70.7 Å². The highest BCUT2D eigenvalue weighted by atomic mass is 16.5. The first-order valence-electron chi connectivity index (χ1n) is 8.18. The zero-order valence-corrected chi connectivity index (χ0v) is 13.2. The maximum atomic E-state index is 12.1. The van der Waals surface area contributed by atoms with Crippen LogP contribution in [0.15, 0.2) is 24.3 Å². The quantitative estimate of drug-likeness (QED) is 0.825. The van der Waals surface area contributed by atoms with E-state index >= 15 is 0 Å². The van der Waals surface area contributed by atoms with Crippen molar-refractivity contribution in [2.45, 2.75) is 32.0 Å². The number of amides is 2. The summed E-state index contributed by atoms with van der Waals surface area (Å²) in [5, 5.41) is 6.09. The summed E-state index contributed by atoms with van der Waals surface area (Å²) in [4.78, 5) is 25.8.